The minimum Gasteiger partial charge on any atom is -0.492 e. The molecular weight excluding hydrogens is 494 g/mol. The normalized spacial score (nSPS) is 11.1. The molecule has 0 saturated carbocycles. The summed E-state index contributed by atoms with van der Waals surface area (Å²) in [6, 6.07) is 16.9. The average molecular weight is 518 g/mol. The van der Waals surface area contributed by atoms with Crippen molar-refractivity contribution in [1.82, 2.24) is 4.98 Å². The molecule has 3 aromatic rings. The van der Waals surface area contributed by atoms with E-state index in [-0.39, 0.29) is 23.0 Å². The fourth-order valence-corrected chi connectivity index (χ4v) is 4.41. The number of nitrogens with one attached hydrogen (secondary N) is 2. The van der Waals surface area contributed by atoms with Crippen LogP contribution in [0.4, 0.5) is 11.5 Å². The van der Waals surface area contributed by atoms with Crippen LogP contribution >= 0.6 is 15.9 Å². The van der Waals surface area contributed by atoms with Gasteiger partial charge in [0.05, 0.1) is 16.0 Å². The number of hydrogen-bond donors (Lipinski definition) is 2. The summed E-state index contributed by atoms with van der Waals surface area (Å²) < 4.78 is 33.9. The molecule has 1 amide bonds. The van der Waals surface area contributed by atoms with E-state index >= 15 is 0 Å². The van der Waals surface area contributed by atoms with Crippen molar-refractivity contribution < 1.29 is 17.9 Å². The Balaban J connectivity index is 1.46. The van der Waals surface area contributed by atoms with Crippen LogP contribution in [0.5, 0.6) is 5.75 Å². The van der Waals surface area contributed by atoms with Crippen molar-refractivity contribution in [1.29, 1.82) is 0 Å². The quantitative estimate of drug-likeness (QED) is 0.368. The summed E-state index contributed by atoms with van der Waals surface area (Å²) in [6.07, 6.45) is 3.29. The Morgan fingerprint density at radius 2 is 1.88 bits per heavy atom. The molecule has 2 N–H and O–H groups in total. The molecule has 0 unspecified atom stereocenters. The highest BCUT2D eigenvalue weighted by Gasteiger charge is 2.15. The Morgan fingerprint density at radius 3 is 2.53 bits per heavy atom. The van der Waals surface area contributed by atoms with Crippen molar-refractivity contribution in [3.05, 3.63) is 76.9 Å². The zero-order chi connectivity index (χ0) is 23.0. The second kappa shape index (κ2) is 11.1. The maximum atomic E-state index is 12.4. The smallest absolute Gasteiger partial charge is 0.263 e. The first-order valence-electron chi connectivity index (χ1n) is 10.1. The number of sulfonamides is 1. The van der Waals surface area contributed by atoms with Crippen LogP contribution in [0.2, 0.25) is 0 Å². The molecule has 0 bridgehead atoms. The van der Waals surface area contributed by atoms with E-state index in [9.17, 15) is 13.2 Å². The van der Waals surface area contributed by atoms with Gasteiger partial charge in [-0.05, 0) is 82.9 Å². The molecule has 0 aliphatic rings. The van der Waals surface area contributed by atoms with Crippen LogP contribution in [0, 0.1) is 0 Å². The topological polar surface area (TPSA) is 97.4 Å². The third-order valence-electron chi connectivity index (χ3n) is 4.56. The molecule has 168 valence electrons. The SMILES string of the molecule is CCc1ccc(OCCCC(=O)Nc2ccc(S(=O)(=O)Nc3ccccn3)cc2)c(Br)c1. The van der Waals surface area contributed by atoms with E-state index in [1.165, 1.54) is 23.9 Å². The van der Waals surface area contributed by atoms with Gasteiger partial charge in [-0.3, -0.25) is 9.52 Å². The summed E-state index contributed by atoms with van der Waals surface area (Å²) in [6.45, 7) is 2.50. The van der Waals surface area contributed by atoms with Crippen molar-refractivity contribution in [3.63, 3.8) is 0 Å². The Bertz CT molecular complexity index is 1150. The van der Waals surface area contributed by atoms with E-state index in [1.54, 1.807) is 30.3 Å². The predicted octanol–water partition coefficient (Wildman–Crippen LogP) is 5.01. The number of hydrogen-bond acceptors (Lipinski definition) is 5. The number of ether oxygens (including phenoxy) is 1. The van der Waals surface area contributed by atoms with Gasteiger partial charge in [0.15, 0.2) is 0 Å². The number of nitrogens with zero attached hydrogens (tertiary/aromatic N) is 1. The molecule has 9 heteroatoms. The lowest BCUT2D eigenvalue weighted by atomic mass is 10.2. The number of pyridine rings is 1. The van der Waals surface area contributed by atoms with Gasteiger partial charge in [0.25, 0.3) is 10.0 Å². The molecular formula is C23H24BrN3O4S. The Kier molecular flexibility index (Phi) is 8.24. The van der Waals surface area contributed by atoms with E-state index in [0.29, 0.717) is 18.7 Å². The number of aryl methyl sites for hydroxylation is 1. The van der Waals surface area contributed by atoms with Crippen LogP contribution in [-0.2, 0) is 21.2 Å². The standard InChI is InChI=1S/C23H24BrN3O4S/c1-2-17-8-13-21(20(24)16-17)31-15-5-7-23(28)26-18-9-11-19(12-10-18)32(29,30)27-22-6-3-4-14-25-22/h3-4,6,8-14,16H,2,5,7,15H2,1H3,(H,25,27)(H,26,28). The second-order valence-corrected chi connectivity index (χ2v) is 9.50. The van der Waals surface area contributed by atoms with Crippen LogP contribution in [0.15, 0.2) is 76.2 Å². The molecule has 1 aromatic heterocycles. The van der Waals surface area contributed by atoms with Crippen LogP contribution in [0.25, 0.3) is 0 Å². The first-order chi connectivity index (χ1) is 15.4. The summed E-state index contributed by atoms with van der Waals surface area (Å²) in [5, 5.41) is 2.76. The molecule has 0 aliphatic heterocycles. The molecule has 1 heterocycles. The summed E-state index contributed by atoms with van der Waals surface area (Å²) in [5.41, 5.74) is 1.74. The first kappa shape index (κ1) is 23.7. The number of rotatable bonds is 10. The zero-order valence-electron chi connectivity index (χ0n) is 17.5. The van der Waals surface area contributed by atoms with Gasteiger partial charge < -0.3 is 10.1 Å². The van der Waals surface area contributed by atoms with Gasteiger partial charge in [0, 0.05) is 18.3 Å². The predicted molar refractivity (Wildman–Crippen MR) is 128 cm³/mol. The monoisotopic (exact) mass is 517 g/mol. The van der Waals surface area contributed by atoms with Crippen molar-refractivity contribution >= 4 is 43.4 Å². The fraction of sp³-hybridized carbons (Fsp3) is 0.217. The lowest BCUT2D eigenvalue weighted by Gasteiger charge is -2.10. The number of amides is 1. The molecule has 2 aromatic carbocycles. The Hall–Kier alpha value is -2.91. The molecule has 0 spiro atoms. The van der Waals surface area contributed by atoms with Crippen molar-refractivity contribution in [3.8, 4) is 5.75 Å². The number of carbonyl (C=O) groups is 1. The van der Waals surface area contributed by atoms with Crippen LogP contribution < -0.4 is 14.8 Å². The molecule has 7 nitrogen and oxygen atoms in total. The molecule has 0 aliphatic carbocycles. The highest BCUT2D eigenvalue weighted by atomic mass is 79.9. The zero-order valence-corrected chi connectivity index (χ0v) is 19.9. The highest BCUT2D eigenvalue weighted by Crippen LogP contribution is 2.26. The molecule has 32 heavy (non-hydrogen) atoms. The van der Waals surface area contributed by atoms with Gasteiger partial charge in [0.2, 0.25) is 5.91 Å². The summed E-state index contributed by atoms with van der Waals surface area (Å²) in [7, 11) is -3.76. The first-order valence-corrected chi connectivity index (χ1v) is 12.4. The van der Waals surface area contributed by atoms with Gasteiger partial charge >= 0.3 is 0 Å². The Labute approximate surface area is 196 Å². The van der Waals surface area contributed by atoms with E-state index in [1.807, 2.05) is 18.2 Å². The number of carbonyl (C=O) groups excluding carboxylic acids is 1. The highest BCUT2D eigenvalue weighted by molar-refractivity contribution is 9.10. The van der Waals surface area contributed by atoms with E-state index < -0.39 is 10.0 Å². The maximum absolute atomic E-state index is 12.4. The van der Waals surface area contributed by atoms with Gasteiger partial charge in [-0.2, -0.15) is 0 Å². The van der Waals surface area contributed by atoms with Crippen molar-refractivity contribution in [2.45, 2.75) is 31.1 Å². The lowest BCUT2D eigenvalue weighted by Crippen LogP contribution is -2.15. The summed E-state index contributed by atoms with van der Waals surface area (Å²) in [5.74, 6) is 0.815. The Morgan fingerprint density at radius 1 is 1.09 bits per heavy atom. The van der Waals surface area contributed by atoms with E-state index in [4.69, 9.17) is 4.74 Å². The fourth-order valence-electron chi connectivity index (χ4n) is 2.86. The minimum atomic E-state index is -3.76. The summed E-state index contributed by atoms with van der Waals surface area (Å²) in [4.78, 5) is 16.2. The minimum absolute atomic E-state index is 0.0780. The number of halogens is 1. The van der Waals surface area contributed by atoms with Crippen LogP contribution in [0.1, 0.15) is 25.3 Å². The third-order valence-corrected chi connectivity index (χ3v) is 6.55. The lowest BCUT2D eigenvalue weighted by molar-refractivity contribution is -0.116. The van der Waals surface area contributed by atoms with Gasteiger partial charge in [0.1, 0.15) is 11.6 Å². The van der Waals surface area contributed by atoms with Crippen LogP contribution in [-0.4, -0.2) is 25.9 Å². The maximum Gasteiger partial charge on any atom is 0.263 e. The second-order valence-electron chi connectivity index (χ2n) is 6.96. The molecule has 0 fully saturated rings. The van der Waals surface area contributed by atoms with Crippen LogP contribution in [0.3, 0.4) is 0 Å². The van der Waals surface area contributed by atoms with Gasteiger partial charge in [-0.15, -0.1) is 0 Å². The molecule has 0 saturated heterocycles. The number of benzene rings is 2. The average Bonchev–Trinajstić information content (AvgIpc) is 2.78. The molecule has 3 rings (SSSR count). The van der Waals surface area contributed by atoms with E-state index in [2.05, 4.69) is 37.9 Å². The molecule has 0 atom stereocenters. The number of aromatic nitrogens is 1. The largest absolute Gasteiger partial charge is 0.492 e. The van der Waals surface area contributed by atoms with Gasteiger partial charge in [-0.25, -0.2) is 13.4 Å². The van der Waals surface area contributed by atoms with Gasteiger partial charge in [-0.1, -0.05) is 19.1 Å². The van der Waals surface area contributed by atoms with Crippen molar-refractivity contribution in [2.75, 3.05) is 16.6 Å². The third kappa shape index (κ3) is 6.80. The van der Waals surface area contributed by atoms with E-state index in [0.717, 1.165) is 16.6 Å². The van der Waals surface area contributed by atoms with Crippen molar-refractivity contribution in [2.24, 2.45) is 0 Å². The number of anilines is 2. The molecule has 0 radical (unpaired) electrons. The summed E-state index contributed by atoms with van der Waals surface area (Å²) >= 11 is 3.50.